The van der Waals surface area contributed by atoms with Crippen molar-refractivity contribution in [3.05, 3.63) is 48.1 Å². The van der Waals surface area contributed by atoms with E-state index in [9.17, 15) is 0 Å². The zero-order chi connectivity index (χ0) is 13.2. The van der Waals surface area contributed by atoms with E-state index < -0.39 is 0 Å². The van der Waals surface area contributed by atoms with Crippen molar-refractivity contribution in [2.75, 3.05) is 5.32 Å². The molecule has 0 aliphatic carbocycles. The van der Waals surface area contributed by atoms with Crippen LogP contribution in [0, 0.1) is 0 Å². The molecule has 2 aromatic heterocycles. The van der Waals surface area contributed by atoms with Gasteiger partial charge in [0.25, 0.3) is 0 Å². The number of benzene rings is 1. The Hall–Kier alpha value is -1.87. The molecule has 3 heteroatoms. The number of anilines is 1. The van der Waals surface area contributed by atoms with Crippen molar-refractivity contribution < 1.29 is 0 Å². The average Bonchev–Trinajstić information content (AvgIpc) is 2.82. The van der Waals surface area contributed by atoms with Gasteiger partial charge in [-0.15, -0.1) is 11.3 Å². The van der Waals surface area contributed by atoms with Crippen LogP contribution in [-0.4, -0.2) is 11.0 Å². The number of aromatic nitrogens is 1. The minimum absolute atomic E-state index is 0.454. The van der Waals surface area contributed by atoms with E-state index in [1.165, 1.54) is 26.9 Å². The molecule has 3 rings (SSSR count). The molecule has 0 aliphatic rings. The zero-order valence-electron chi connectivity index (χ0n) is 11.1. The van der Waals surface area contributed by atoms with Crippen molar-refractivity contribution in [3.63, 3.8) is 0 Å². The van der Waals surface area contributed by atoms with Gasteiger partial charge < -0.3 is 5.32 Å². The molecule has 96 valence electrons. The summed E-state index contributed by atoms with van der Waals surface area (Å²) >= 11 is 1.78. The van der Waals surface area contributed by atoms with Crippen molar-refractivity contribution in [1.82, 2.24) is 4.98 Å². The smallest absolute Gasteiger partial charge is 0.0369 e. The molecule has 0 bridgehead atoms. The second kappa shape index (κ2) is 5.02. The number of rotatable bonds is 3. The van der Waals surface area contributed by atoms with E-state index >= 15 is 0 Å². The highest BCUT2D eigenvalue weighted by Gasteiger charge is 2.07. The van der Waals surface area contributed by atoms with Crippen LogP contribution in [-0.2, 0) is 0 Å². The van der Waals surface area contributed by atoms with Crippen molar-refractivity contribution in [3.8, 4) is 11.1 Å². The Morgan fingerprint density at radius 2 is 2.11 bits per heavy atom. The number of fused-ring (bicyclic) bond motifs is 1. The lowest BCUT2D eigenvalue weighted by atomic mass is 10.1. The van der Waals surface area contributed by atoms with Crippen molar-refractivity contribution in [1.29, 1.82) is 0 Å². The lowest BCUT2D eigenvalue weighted by molar-refractivity contribution is 0.900. The normalized spacial score (nSPS) is 11.1. The van der Waals surface area contributed by atoms with E-state index in [4.69, 9.17) is 0 Å². The highest BCUT2D eigenvalue weighted by molar-refractivity contribution is 7.17. The van der Waals surface area contributed by atoms with Gasteiger partial charge in [-0.2, -0.15) is 0 Å². The Morgan fingerprint density at radius 1 is 1.21 bits per heavy atom. The number of hydrogen-bond acceptors (Lipinski definition) is 3. The first-order valence-electron chi connectivity index (χ1n) is 6.42. The van der Waals surface area contributed by atoms with Crippen LogP contribution < -0.4 is 5.32 Å². The third kappa shape index (κ3) is 2.47. The number of nitrogens with one attached hydrogen (secondary N) is 1. The predicted octanol–water partition coefficient (Wildman–Crippen LogP) is 4.78. The first kappa shape index (κ1) is 12.2. The standard InChI is InChI=1S/C16H16N2S/c1-11(2)18-13-5-6-14-15(10-19-16(14)8-13)12-4-3-7-17-9-12/h3-11,18H,1-2H3. The van der Waals surface area contributed by atoms with E-state index in [1.54, 1.807) is 11.3 Å². The van der Waals surface area contributed by atoms with Gasteiger partial charge in [-0.05, 0) is 37.4 Å². The van der Waals surface area contributed by atoms with E-state index in [1.807, 2.05) is 18.5 Å². The molecule has 2 nitrogen and oxygen atoms in total. The number of pyridine rings is 1. The van der Waals surface area contributed by atoms with Crippen LogP contribution in [0.3, 0.4) is 0 Å². The van der Waals surface area contributed by atoms with Crippen molar-refractivity contribution in [2.24, 2.45) is 0 Å². The third-order valence-electron chi connectivity index (χ3n) is 3.00. The summed E-state index contributed by atoms with van der Waals surface area (Å²) in [5, 5.41) is 6.95. The van der Waals surface area contributed by atoms with Crippen LogP contribution in [0.4, 0.5) is 5.69 Å². The van der Waals surface area contributed by atoms with Gasteiger partial charge in [0.05, 0.1) is 0 Å². The molecule has 0 saturated heterocycles. The maximum Gasteiger partial charge on any atom is 0.0369 e. The monoisotopic (exact) mass is 268 g/mol. The van der Waals surface area contributed by atoms with E-state index in [2.05, 4.69) is 53.8 Å². The number of nitrogens with zero attached hydrogens (tertiary/aromatic N) is 1. The minimum Gasteiger partial charge on any atom is -0.383 e. The fraction of sp³-hybridized carbons (Fsp3) is 0.188. The summed E-state index contributed by atoms with van der Waals surface area (Å²) in [7, 11) is 0. The Labute approximate surface area is 117 Å². The minimum atomic E-state index is 0.454. The summed E-state index contributed by atoms with van der Waals surface area (Å²) in [6.45, 7) is 4.30. The molecule has 0 amide bonds. The molecule has 19 heavy (non-hydrogen) atoms. The molecule has 0 atom stereocenters. The van der Waals surface area contributed by atoms with Gasteiger partial charge in [0.1, 0.15) is 0 Å². The second-order valence-electron chi connectivity index (χ2n) is 4.90. The summed E-state index contributed by atoms with van der Waals surface area (Å²) in [6.07, 6.45) is 3.73. The predicted molar refractivity (Wildman–Crippen MR) is 83.8 cm³/mol. The average molecular weight is 268 g/mol. The quantitative estimate of drug-likeness (QED) is 0.739. The molecule has 0 saturated carbocycles. The molecule has 0 fully saturated rings. The molecule has 0 radical (unpaired) electrons. The fourth-order valence-electron chi connectivity index (χ4n) is 2.20. The molecule has 2 heterocycles. The van der Waals surface area contributed by atoms with Gasteiger partial charge in [-0.3, -0.25) is 4.98 Å². The van der Waals surface area contributed by atoms with Crippen LogP contribution in [0.2, 0.25) is 0 Å². The Kier molecular flexibility index (Phi) is 3.22. The van der Waals surface area contributed by atoms with Gasteiger partial charge in [0.15, 0.2) is 0 Å². The third-order valence-corrected chi connectivity index (χ3v) is 3.95. The number of thiophene rings is 1. The zero-order valence-corrected chi connectivity index (χ0v) is 11.9. The summed E-state index contributed by atoms with van der Waals surface area (Å²) in [5.74, 6) is 0. The molecule has 3 aromatic rings. The largest absolute Gasteiger partial charge is 0.383 e. The Balaban J connectivity index is 2.05. The SMILES string of the molecule is CC(C)Nc1ccc2c(-c3cccnc3)csc2c1. The lowest BCUT2D eigenvalue weighted by Gasteiger charge is -2.09. The Bertz CT molecular complexity index is 686. The second-order valence-corrected chi connectivity index (χ2v) is 5.81. The van der Waals surface area contributed by atoms with Gasteiger partial charge in [-0.1, -0.05) is 12.1 Å². The van der Waals surface area contributed by atoms with E-state index in [0.717, 1.165) is 0 Å². The fourth-order valence-corrected chi connectivity index (χ4v) is 3.20. The molecule has 0 unspecified atom stereocenters. The topological polar surface area (TPSA) is 24.9 Å². The highest BCUT2D eigenvalue weighted by atomic mass is 32.1. The van der Waals surface area contributed by atoms with E-state index in [-0.39, 0.29) is 0 Å². The maximum absolute atomic E-state index is 4.20. The van der Waals surface area contributed by atoms with Gasteiger partial charge in [-0.25, -0.2) is 0 Å². The van der Waals surface area contributed by atoms with Crippen molar-refractivity contribution >= 4 is 27.1 Å². The molecule has 0 spiro atoms. The summed E-state index contributed by atoms with van der Waals surface area (Å²) in [5.41, 5.74) is 3.63. The maximum atomic E-state index is 4.20. The van der Waals surface area contributed by atoms with Crippen molar-refractivity contribution in [2.45, 2.75) is 19.9 Å². The summed E-state index contributed by atoms with van der Waals surface area (Å²) in [6, 6.07) is 11.1. The molecular weight excluding hydrogens is 252 g/mol. The number of hydrogen-bond donors (Lipinski definition) is 1. The summed E-state index contributed by atoms with van der Waals surface area (Å²) < 4.78 is 1.31. The van der Waals surface area contributed by atoms with Gasteiger partial charge in [0.2, 0.25) is 0 Å². The lowest BCUT2D eigenvalue weighted by Crippen LogP contribution is -2.09. The first-order valence-corrected chi connectivity index (χ1v) is 7.30. The first-order chi connectivity index (χ1) is 9.24. The van der Waals surface area contributed by atoms with Gasteiger partial charge in [0, 0.05) is 45.3 Å². The van der Waals surface area contributed by atoms with Crippen LogP contribution >= 0.6 is 11.3 Å². The van der Waals surface area contributed by atoms with Crippen LogP contribution in [0.5, 0.6) is 0 Å². The van der Waals surface area contributed by atoms with E-state index in [0.29, 0.717) is 6.04 Å². The summed E-state index contributed by atoms with van der Waals surface area (Å²) in [4.78, 5) is 4.20. The van der Waals surface area contributed by atoms with Gasteiger partial charge >= 0.3 is 0 Å². The molecule has 1 aromatic carbocycles. The highest BCUT2D eigenvalue weighted by Crippen LogP contribution is 2.35. The van der Waals surface area contributed by atoms with Crippen LogP contribution in [0.25, 0.3) is 21.2 Å². The molecule has 0 aliphatic heterocycles. The molecular formula is C16H16N2S. The molecule has 1 N–H and O–H groups in total. The Morgan fingerprint density at radius 3 is 2.84 bits per heavy atom. The van der Waals surface area contributed by atoms with Crippen LogP contribution in [0.1, 0.15) is 13.8 Å². The van der Waals surface area contributed by atoms with Crippen LogP contribution in [0.15, 0.2) is 48.1 Å².